The molecule has 2 aromatic rings. The average molecular weight is 269 g/mol. The largest absolute Gasteiger partial charge is 0.295 e. The molecule has 0 aliphatic heterocycles. The number of rotatable bonds is 4. The van der Waals surface area contributed by atoms with E-state index in [1.54, 1.807) is 12.3 Å². The van der Waals surface area contributed by atoms with E-state index in [4.69, 9.17) is 11.6 Å². The molecule has 0 saturated carbocycles. The normalized spacial score (nSPS) is 11.2. The summed E-state index contributed by atoms with van der Waals surface area (Å²) in [5.41, 5.74) is 2.24. The highest BCUT2D eigenvalue weighted by Gasteiger charge is 2.05. The van der Waals surface area contributed by atoms with Gasteiger partial charge in [0, 0.05) is 23.7 Å². The Hall–Kier alpha value is -1.26. The zero-order chi connectivity index (χ0) is 12.1. The maximum Gasteiger partial charge on any atom is 0.172 e. The minimum absolute atomic E-state index is 0.257. The molecule has 1 aromatic carbocycles. The number of imidazole rings is 1. The Kier molecular flexibility index (Phi) is 4.23. The third-order valence-corrected chi connectivity index (χ3v) is 3.19. The van der Waals surface area contributed by atoms with E-state index in [0.29, 0.717) is 0 Å². The lowest BCUT2D eigenvalue weighted by molar-refractivity contribution is 0.626. The average Bonchev–Trinajstić information content (AvgIpc) is 2.78. The molecule has 0 unspecified atom stereocenters. The number of aromatic nitrogens is 2. The molecule has 0 bridgehead atoms. The van der Waals surface area contributed by atoms with Gasteiger partial charge in [0.2, 0.25) is 0 Å². The molecule has 2 rings (SSSR count). The predicted octanol–water partition coefficient (Wildman–Crippen LogP) is 3.86. The summed E-state index contributed by atoms with van der Waals surface area (Å²) in [7, 11) is 0. The van der Waals surface area contributed by atoms with E-state index in [9.17, 15) is 4.39 Å². The van der Waals surface area contributed by atoms with E-state index in [2.05, 4.69) is 4.98 Å². The molecule has 0 amide bonds. The van der Waals surface area contributed by atoms with Crippen molar-refractivity contribution in [1.82, 2.24) is 9.55 Å². The Bertz CT molecular complexity index is 525. The summed E-state index contributed by atoms with van der Waals surface area (Å²) in [5.74, 6) is 0.475. The highest BCUT2D eigenvalue weighted by atomic mass is 35.5. The molecule has 0 spiro atoms. The molecular weight excluding hydrogens is 259 g/mol. The molecule has 1 aromatic heterocycles. The van der Waals surface area contributed by atoms with Gasteiger partial charge in [-0.2, -0.15) is 0 Å². The monoisotopic (exact) mass is 268 g/mol. The summed E-state index contributed by atoms with van der Waals surface area (Å²) in [6, 6.07) is 6.41. The lowest BCUT2D eigenvalue weighted by Gasteiger charge is -2.06. The Balaban J connectivity index is 2.24. The van der Waals surface area contributed by atoms with Gasteiger partial charge in [-0.05, 0) is 18.2 Å². The van der Waals surface area contributed by atoms with Crippen molar-refractivity contribution < 1.29 is 4.39 Å². The van der Waals surface area contributed by atoms with Crippen LogP contribution in [0.15, 0.2) is 53.4 Å². The Morgan fingerprint density at radius 3 is 3.12 bits per heavy atom. The van der Waals surface area contributed by atoms with Gasteiger partial charge < -0.3 is 0 Å². The molecule has 0 aliphatic carbocycles. The first-order valence-corrected chi connectivity index (χ1v) is 6.41. The van der Waals surface area contributed by atoms with Crippen molar-refractivity contribution in [2.75, 3.05) is 5.75 Å². The molecule has 0 radical (unpaired) electrons. The SMILES string of the molecule is Fc1cccc(-n2ccnc2SC/C=C/Cl)c1. The van der Waals surface area contributed by atoms with Crippen LogP contribution < -0.4 is 0 Å². The van der Waals surface area contributed by atoms with Crippen molar-refractivity contribution in [3.63, 3.8) is 0 Å². The highest BCUT2D eigenvalue weighted by Crippen LogP contribution is 2.20. The summed E-state index contributed by atoms with van der Waals surface area (Å²) >= 11 is 6.99. The van der Waals surface area contributed by atoms with Gasteiger partial charge in [0.15, 0.2) is 5.16 Å². The fourth-order valence-electron chi connectivity index (χ4n) is 1.38. The highest BCUT2D eigenvalue weighted by molar-refractivity contribution is 7.99. The van der Waals surface area contributed by atoms with E-state index in [-0.39, 0.29) is 5.82 Å². The maximum atomic E-state index is 13.1. The fourth-order valence-corrected chi connectivity index (χ4v) is 2.36. The first-order valence-electron chi connectivity index (χ1n) is 4.98. The smallest absolute Gasteiger partial charge is 0.172 e. The van der Waals surface area contributed by atoms with Crippen LogP contribution in [0.2, 0.25) is 0 Å². The first kappa shape index (κ1) is 12.2. The minimum atomic E-state index is -0.257. The minimum Gasteiger partial charge on any atom is -0.295 e. The molecule has 17 heavy (non-hydrogen) atoms. The summed E-state index contributed by atoms with van der Waals surface area (Å²) in [4.78, 5) is 4.22. The van der Waals surface area contributed by atoms with Crippen LogP contribution >= 0.6 is 23.4 Å². The van der Waals surface area contributed by atoms with Crippen LogP contribution in [0, 0.1) is 5.82 Å². The van der Waals surface area contributed by atoms with Crippen molar-refractivity contribution in [3.05, 3.63) is 54.1 Å². The number of hydrogen-bond acceptors (Lipinski definition) is 2. The molecule has 0 fully saturated rings. The molecular formula is C12H10ClFN2S. The van der Waals surface area contributed by atoms with Crippen molar-refractivity contribution in [2.24, 2.45) is 0 Å². The quantitative estimate of drug-likeness (QED) is 0.784. The zero-order valence-electron chi connectivity index (χ0n) is 8.88. The van der Waals surface area contributed by atoms with Crippen molar-refractivity contribution >= 4 is 23.4 Å². The molecule has 0 N–H and O–H groups in total. The number of hydrogen-bond donors (Lipinski definition) is 0. The van der Waals surface area contributed by atoms with Gasteiger partial charge in [-0.1, -0.05) is 35.5 Å². The molecule has 5 heteroatoms. The van der Waals surface area contributed by atoms with Crippen molar-refractivity contribution in [1.29, 1.82) is 0 Å². The second-order valence-corrected chi connectivity index (χ2v) is 4.47. The summed E-state index contributed by atoms with van der Waals surface area (Å²) < 4.78 is 15.0. The van der Waals surface area contributed by atoms with Gasteiger partial charge in [0.1, 0.15) is 5.82 Å². The standard InChI is InChI=1S/C12H10ClFN2S/c13-5-2-8-17-12-15-6-7-16(12)11-4-1-3-10(14)9-11/h1-7,9H,8H2/b5-2+. The number of benzene rings is 1. The van der Waals surface area contributed by atoms with Gasteiger partial charge in [-0.25, -0.2) is 9.37 Å². The number of thioether (sulfide) groups is 1. The Labute approximate surface area is 108 Å². The van der Waals surface area contributed by atoms with Crippen molar-refractivity contribution in [2.45, 2.75) is 5.16 Å². The van der Waals surface area contributed by atoms with Gasteiger partial charge in [-0.3, -0.25) is 4.57 Å². The van der Waals surface area contributed by atoms with Gasteiger partial charge in [0.25, 0.3) is 0 Å². The van der Waals surface area contributed by atoms with E-state index in [1.807, 2.05) is 22.9 Å². The van der Waals surface area contributed by atoms with Crippen LogP contribution in [0.3, 0.4) is 0 Å². The summed E-state index contributed by atoms with van der Waals surface area (Å²) in [6.07, 6.45) is 5.33. The van der Waals surface area contributed by atoms with Crippen LogP contribution in [0.25, 0.3) is 5.69 Å². The molecule has 2 nitrogen and oxygen atoms in total. The molecule has 0 aliphatic rings. The maximum absolute atomic E-state index is 13.1. The summed E-state index contributed by atoms with van der Waals surface area (Å²) in [5, 5.41) is 0.811. The fraction of sp³-hybridized carbons (Fsp3) is 0.0833. The topological polar surface area (TPSA) is 17.8 Å². The lowest BCUT2D eigenvalue weighted by atomic mass is 10.3. The van der Waals surface area contributed by atoms with Crippen molar-refractivity contribution in [3.8, 4) is 5.69 Å². The van der Waals surface area contributed by atoms with E-state index >= 15 is 0 Å². The Morgan fingerprint density at radius 1 is 1.47 bits per heavy atom. The third-order valence-electron chi connectivity index (χ3n) is 2.09. The zero-order valence-corrected chi connectivity index (χ0v) is 10.5. The van der Waals surface area contributed by atoms with Gasteiger partial charge in [-0.15, -0.1) is 0 Å². The second-order valence-electron chi connectivity index (χ2n) is 3.23. The van der Waals surface area contributed by atoms with Crippen LogP contribution in [0.5, 0.6) is 0 Å². The number of nitrogens with zero attached hydrogens (tertiary/aromatic N) is 2. The number of halogens is 2. The molecule has 88 valence electrons. The van der Waals surface area contributed by atoms with Crippen LogP contribution in [0.1, 0.15) is 0 Å². The summed E-state index contributed by atoms with van der Waals surface area (Å²) in [6.45, 7) is 0. The predicted molar refractivity (Wildman–Crippen MR) is 69.2 cm³/mol. The van der Waals surface area contributed by atoms with Crippen LogP contribution in [-0.2, 0) is 0 Å². The third kappa shape index (κ3) is 3.11. The second kappa shape index (κ2) is 5.89. The molecule has 0 saturated heterocycles. The van der Waals surface area contributed by atoms with Crippen LogP contribution in [0.4, 0.5) is 4.39 Å². The molecule has 1 heterocycles. The van der Waals surface area contributed by atoms with Crippen LogP contribution in [-0.4, -0.2) is 15.3 Å². The van der Waals surface area contributed by atoms with Gasteiger partial charge in [0.05, 0.1) is 5.69 Å². The van der Waals surface area contributed by atoms with E-state index < -0.39 is 0 Å². The van der Waals surface area contributed by atoms with E-state index in [1.165, 1.54) is 29.4 Å². The molecule has 0 atom stereocenters. The Morgan fingerprint density at radius 2 is 2.35 bits per heavy atom. The van der Waals surface area contributed by atoms with Gasteiger partial charge >= 0.3 is 0 Å². The van der Waals surface area contributed by atoms with E-state index in [0.717, 1.165) is 16.6 Å². The first-order chi connectivity index (χ1) is 8.31. The lowest BCUT2D eigenvalue weighted by Crippen LogP contribution is -1.95.